The lowest BCUT2D eigenvalue weighted by molar-refractivity contribution is 1.07. The zero-order chi connectivity index (χ0) is 38.4. The minimum Gasteiger partial charge on any atom is -0.208 e. The van der Waals surface area contributed by atoms with Crippen LogP contribution in [0.2, 0.25) is 0 Å². The first-order valence-electron chi connectivity index (χ1n) is 19.7. The smallest absolute Gasteiger partial charge is 0.164 e. The summed E-state index contributed by atoms with van der Waals surface area (Å²) in [5.41, 5.74) is 9.57. The molecule has 0 aliphatic heterocycles. The fourth-order valence-corrected chi connectivity index (χ4v) is 8.53. The van der Waals surface area contributed by atoms with Crippen molar-refractivity contribution in [3.63, 3.8) is 0 Å². The molecular formula is C55H35N3. The molecular weight excluding hydrogens is 703 g/mol. The molecule has 0 atom stereocenters. The lowest BCUT2D eigenvalue weighted by Crippen LogP contribution is -2.00. The van der Waals surface area contributed by atoms with Gasteiger partial charge in [0.05, 0.1) is 0 Å². The van der Waals surface area contributed by atoms with Crippen LogP contribution in [0.3, 0.4) is 0 Å². The van der Waals surface area contributed by atoms with Gasteiger partial charge in [-0.25, -0.2) is 15.0 Å². The number of hydrogen-bond donors (Lipinski definition) is 0. The van der Waals surface area contributed by atoms with Gasteiger partial charge in [-0.2, -0.15) is 0 Å². The molecule has 0 amide bonds. The number of benzene rings is 10. The van der Waals surface area contributed by atoms with Crippen LogP contribution >= 0.6 is 0 Å². The molecule has 0 saturated heterocycles. The third kappa shape index (κ3) is 5.89. The summed E-state index contributed by atoms with van der Waals surface area (Å²) in [6.45, 7) is 0. The summed E-state index contributed by atoms with van der Waals surface area (Å²) in [5, 5.41) is 10.0. The molecule has 0 N–H and O–H groups in total. The van der Waals surface area contributed by atoms with Crippen molar-refractivity contribution in [1.29, 1.82) is 0 Å². The molecule has 11 aromatic rings. The second-order valence-electron chi connectivity index (χ2n) is 14.8. The van der Waals surface area contributed by atoms with Crippen LogP contribution in [0.1, 0.15) is 0 Å². The van der Waals surface area contributed by atoms with Gasteiger partial charge in [0.2, 0.25) is 0 Å². The van der Waals surface area contributed by atoms with Crippen molar-refractivity contribution in [3.8, 4) is 67.5 Å². The van der Waals surface area contributed by atoms with E-state index in [0.29, 0.717) is 17.5 Å². The van der Waals surface area contributed by atoms with E-state index in [0.717, 1.165) is 44.5 Å². The first-order chi connectivity index (χ1) is 28.7. The number of aromatic nitrogens is 3. The Hall–Kier alpha value is -7.75. The molecule has 0 bridgehead atoms. The van der Waals surface area contributed by atoms with E-state index in [4.69, 9.17) is 15.0 Å². The van der Waals surface area contributed by atoms with Crippen molar-refractivity contribution < 1.29 is 0 Å². The summed E-state index contributed by atoms with van der Waals surface area (Å²) in [6.07, 6.45) is 0. The van der Waals surface area contributed by atoms with Gasteiger partial charge in [0.15, 0.2) is 17.5 Å². The van der Waals surface area contributed by atoms with E-state index in [1.807, 2.05) is 12.1 Å². The highest BCUT2D eigenvalue weighted by molar-refractivity contribution is 6.33. The fraction of sp³-hybridized carbons (Fsp3) is 0. The summed E-state index contributed by atoms with van der Waals surface area (Å²) in [5.74, 6) is 1.88. The molecule has 0 aliphatic carbocycles. The normalized spacial score (nSPS) is 11.4. The largest absolute Gasteiger partial charge is 0.208 e. The van der Waals surface area contributed by atoms with Crippen molar-refractivity contribution in [2.24, 2.45) is 0 Å². The van der Waals surface area contributed by atoms with Crippen molar-refractivity contribution in [2.75, 3.05) is 0 Å². The van der Waals surface area contributed by atoms with Gasteiger partial charge in [-0.1, -0.05) is 188 Å². The number of hydrogen-bond acceptors (Lipinski definition) is 3. The number of rotatable bonds is 6. The SMILES string of the molecule is c1ccc(-c2cccc(-c3nc(-c4cccc(-c5ccccc5)c4)nc(-c4cccc(-c5cc6c7ccccc7c7ccccc7c6c6ccccc56)c4)n3)c2)cc1. The second-order valence-corrected chi connectivity index (χ2v) is 14.8. The lowest BCUT2D eigenvalue weighted by Gasteiger charge is -2.16. The molecule has 0 fully saturated rings. The highest BCUT2D eigenvalue weighted by atomic mass is 15.0. The van der Waals surface area contributed by atoms with Crippen molar-refractivity contribution in [3.05, 3.63) is 212 Å². The van der Waals surface area contributed by atoms with Gasteiger partial charge in [0, 0.05) is 16.7 Å². The van der Waals surface area contributed by atoms with Gasteiger partial charge in [-0.05, 0) is 101 Å². The van der Waals surface area contributed by atoms with Crippen LogP contribution in [0, 0.1) is 0 Å². The molecule has 3 nitrogen and oxygen atoms in total. The van der Waals surface area contributed by atoms with Crippen LogP contribution in [0.4, 0.5) is 0 Å². The first-order valence-corrected chi connectivity index (χ1v) is 19.7. The van der Waals surface area contributed by atoms with Gasteiger partial charge in [-0.3, -0.25) is 0 Å². The van der Waals surface area contributed by atoms with Gasteiger partial charge in [0.25, 0.3) is 0 Å². The topological polar surface area (TPSA) is 38.7 Å². The van der Waals surface area contributed by atoms with E-state index in [1.54, 1.807) is 0 Å². The Kier molecular flexibility index (Phi) is 8.15. The Morgan fingerprint density at radius 2 is 0.534 bits per heavy atom. The maximum atomic E-state index is 5.21. The summed E-state index contributed by atoms with van der Waals surface area (Å²) in [4.78, 5) is 15.6. The third-order valence-electron chi connectivity index (χ3n) is 11.3. The average molecular weight is 738 g/mol. The van der Waals surface area contributed by atoms with E-state index < -0.39 is 0 Å². The maximum Gasteiger partial charge on any atom is 0.164 e. The van der Waals surface area contributed by atoms with E-state index in [9.17, 15) is 0 Å². The molecule has 0 aliphatic rings. The van der Waals surface area contributed by atoms with Gasteiger partial charge < -0.3 is 0 Å². The molecule has 10 aromatic carbocycles. The van der Waals surface area contributed by atoms with Crippen molar-refractivity contribution in [2.45, 2.75) is 0 Å². The quantitative estimate of drug-likeness (QED) is 0.160. The standard InChI is InChI=1S/C55H35N3/c1-3-16-36(17-4-1)38-20-13-23-41(32-38)53-56-54(42-24-14-21-39(33-42)37-18-5-2-6-19-37)58-55(57-53)43-25-15-22-40(34-43)50-35-51-46-28-8-7-26-44(46)45-27-9-11-30-48(45)52(51)49-31-12-10-29-47(49)50/h1-35H. The Morgan fingerprint density at radius 1 is 0.207 bits per heavy atom. The van der Waals surface area contributed by atoms with Crippen molar-refractivity contribution in [1.82, 2.24) is 15.0 Å². The van der Waals surface area contributed by atoms with E-state index in [1.165, 1.54) is 48.7 Å². The summed E-state index contributed by atoms with van der Waals surface area (Å²) < 4.78 is 0. The van der Waals surface area contributed by atoms with Gasteiger partial charge >= 0.3 is 0 Å². The van der Waals surface area contributed by atoms with Crippen LogP contribution in [-0.4, -0.2) is 15.0 Å². The molecule has 0 unspecified atom stereocenters. The predicted molar refractivity (Wildman–Crippen MR) is 242 cm³/mol. The van der Waals surface area contributed by atoms with Crippen LogP contribution in [0.5, 0.6) is 0 Å². The summed E-state index contributed by atoms with van der Waals surface area (Å²) >= 11 is 0. The minimum atomic E-state index is 0.624. The zero-order valence-electron chi connectivity index (χ0n) is 31.5. The molecule has 1 aromatic heterocycles. The van der Waals surface area contributed by atoms with Gasteiger partial charge in [-0.15, -0.1) is 0 Å². The first kappa shape index (κ1) is 33.6. The predicted octanol–water partition coefficient (Wildman–Crippen LogP) is 14.5. The highest BCUT2D eigenvalue weighted by Crippen LogP contribution is 2.43. The van der Waals surface area contributed by atoms with Crippen LogP contribution in [0.15, 0.2) is 212 Å². The minimum absolute atomic E-state index is 0.624. The molecule has 58 heavy (non-hydrogen) atoms. The molecule has 3 heteroatoms. The maximum absolute atomic E-state index is 5.21. The fourth-order valence-electron chi connectivity index (χ4n) is 8.53. The Bertz CT molecular complexity index is 3230. The van der Waals surface area contributed by atoms with Gasteiger partial charge in [0.1, 0.15) is 0 Å². The molecule has 0 radical (unpaired) electrons. The van der Waals surface area contributed by atoms with Crippen LogP contribution in [-0.2, 0) is 0 Å². The van der Waals surface area contributed by atoms with E-state index in [2.05, 4.69) is 200 Å². The lowest BCUT2D eigenvalue weighted by atomic mass is 9.87. The molecule has 0 saturated carbocycles. The molecule has 270 valence electrons. The number of fused-ring (bicyclic) bond motifs is 8. The molecule has 0 spiro atoms. The monoisotopic (exact) mass is 737 g/mol. The van der Waals surface area contributed by atoms with Crippen molar-refractivity contribution >= 4 is 43.1 Å². The summed E-state index contributed by atoms with van der Waals surface area (Å²) in [6, 6.07) is 75.3. The van der Waals surface area contributed by atoms with E-state index in [-0.39, 0.29) is 0 Å². The summed E-state index contributed by atoms with van der Waals surface area (Å²) in [7, 11) is 0. The van der Waals surface area contributed by atoms with E-state index >= 15 is 0 Å². The molecule has 1 heterocycles. The second kappa shape index (κ2) is 14.1. The molecule has 11 rings (SSSR count). The Labute approximate surface area is 336 Å². The zero-order valence-corrected chi connectivity index (χ0v) is 31.5. The number of nitrogens with zero attached hydrogens (tertiary/aromatic N) is 3. The van der Waals surface area contributed by atoms with Crippen LogP contribution in [0.25, 0.3) is 111 Å². The van der Waals surface area contributed by atoms with Crippen LogP contribution < -0.4 is 0 Å². The Morgan fingerprint density at radius 3 is 1.03 bits per heavy atom. The Balaban J connectivity index is 1.11. The highest BCUT2D eigenvalue weighted by Gasteiger charge is 2.18. The third-order valence-corrected chi connectivity index (χ3v) is 11.3. The average Bonchev–Trinajstić information content (AvgIpc) is 3.32.